The van der Waals surface area contributed by atoms with E-state index >= 15 is 0 Å². The number of benzene rings is 2. The van der Waals surface area contributed by atoms with Gasteiger partial charge in [0.25, 0.3) is 0 Å². The van der Waals surface area contributed by atoms with Gasteiger partial charge in [-0.05, 0) is 66.5 Å². The minimum atomic E-state index is 0.637. The molecule has 2 nitrogen and oxygen atoms in total. The molecule has 0 bridgehead atoms. The Labute approximate surface area is 161 Å². The van der Waals surface area contributed by atoms with Crippen molar-refractivity contribution in [3.8, 4) is 11.3 Å². The molecule has 0 amide bonds. The van der Waals surface area contributed by atoms with Gasteiger partial charge in [-0.15, -0.1) is 0 Å². The van der Waals surface area contributed by atoms with Gasteiger partial charge in [0.15, 0.2) is 5.69 Å². The molecule has 0 unspecified atom stereocenters. The number of fused-ring (bicyclic) bond motifs is 2. The lowest BCUT2D eigenvalue weighted by atomic mass is 9.92. The number of aromatic nitrogens is 1. The summed E-state index contributed by atoms with van der Waals surface area (Å²) in [4.78, 5) is 0. The molecule has 0 spiro atoms. The van der Waals surface area contributed by atoms with Crippen molar-refractivity contribution in [2.75, 3.05) is 0 Å². The van der Waals surface area contributed by atoms with Gasteiger partial charge in [-0.1, -0.05) is 25.0 Å². The fourth-order valence-electron chi connectivity index (χ4n) is 4.72. The Balaban J connectivity index is 1.81. The average Bonchev–Trinajstić information content (AvgIpc) is 3.38. The molecule has 2 heteroatoms. The van der Waals surface area contributed by atoms with Crippen LogP contribution in [0.4, 0.5) is 0 Å². The van der Waals surface area contributed by atoms with Crippen LogP contribution in [0.1, 0.15) is 49.8 Å². The van der Waals surface area contributed by atoms with E-state index in [2.05, 4.69) is 48.9 Å². The highest BCUT2D eigenvalue weighted by atomic mass is 16.3. The quantitative estimate of drug-likeness (QED) is 0.382. The topological polar surface area (TPSA) is 17.0 Å². The highest BCUT2D eigenvalue weighted by Gasteiger charge is 2.23. The van der Waals surface area contributed by atoms with Crippen LogP contribution in [0.2, 0.25) is 0 Å². The third-order valence-electron chi connectivity index (χ3n) is 6.33. The molecule has 136 valence electrons. The van der Waals surface area contributed by atoms with Crippen LogP contribution in [0.15, 0.2) is 53.1 Å². The number of hydrogen-bond acceptors (Lipinski definition) is 1. The Hall–Kier alpha value is -2.61. The van der Waals surface area contributed by atoms with Gasteiger partial charge in [0.2, 0.25) is 5.69 Å². The molecule has 0 N–H and O–H groups in total. The first-order chi connectivity index (χ1) is 13.5. The van der Waals surface area contributed by atoms with Crippen LogP contribution in [0.3, 0.4) is 0 Å². The zero-order valence-electron chi connectivity index (χ0n) is 17.3. The third kappa shape index (κ3) is 2.66. The molecule has 0 aliphatic heterocycles. The lowest BCUT2D eigenvalue weighted by molar-refractivity contribution is -0.665. The van der Waals surface area contributed by atoms with E-state index in [4.69, 9.17) is 5.79 Å². The molecule has 0 radical (unpaired) electrons. The molecule has 1 saturated carbocycles. The standard InChI is InChI=1S/C25H26NO/c1-16-12-20-10-11-27-24(20)15-23(16)25-22-9-8-19(18-6-4-5-7-18)14-21(22)13-17(2)26(25)3/h8-15,18H,4-7H2,1-3H3/q+1/i13D. The SMILES string of the molecule is [2H]c1c(C)[n+](C)c(-c2cc3occc3cc2C)c2ccc(C3CCCC3)cc12. The second-order valence-electron chi connectivity index (χ2n) is 8.03. The Kier molecular flexibility index (Phi) is 3.56. The van der Waals surface area contributed by atoms with Gasteiger partial charge in [-0.3, -0.25) is 0 Å². The van der Waals surface area contributed by atoms with E-state index in [9.17, 15) is 0 Å². The lowest BCUT2D eigenvalue weighted by Crippen LogP contribution is -2.35. The van der Waals surface area contributed by atoms with Crippen molar-refractivity contribution in [2.45, 2.75) is 45.4 Å². The molecule has 0 atom stereocenters. The van der Waals surface area contributed by atoms with E-state index in [-0.39, 0.29) is 0 Å². The zero-order valence-corrected chi connectivity index (χ0v) is 16.3. The molecule has 2 heterocycles. The van der Waals surface area contributed by atoms with E-state index < -0.39 is 0 Å². The summed E-state index contributed by atoms with van der Waals surface area (Å²) >= 11 is 0. The van der Waals surface area contributed by atoms with E-state index in [0.717, 1.165) is 33.1 Å². The second kappa shape index (κ2) is 6.23. The number of pyridine rings is 1. The summed E-state index contributed by atoms with van der Waals surface area (Å²) in [5, 5.41) is 3.34. The normalized spacial score (nSPS) is 15.7. The molecule has 0 saturated heterocycles. The van der Waals surface area contributed by atoms with Crippen LogP contribution in [0.25, 0.3) is 33.0 Å². The van der Waals surface area contributed by atoms with Gasteiger partial charge in [0, 0.05) is 18.4 Å². The van der Waals surface area contributed by atoms with Gasteiger partial charge >= 0.3 is 0 Å². The number of nitrogens with zero attached hydrogens (tertiary/aromatic N) is 1. The Morgan fingerprint density at radius 3 is 2.67 bits per heavy atom. The van der Waals surface area contributed by atoms with Crippen molar-refractivity contribution in [3.05, 3.63) is 65.5 Å². The molecule has 27 heavy (non-hydrogen) atoms. The Morgan fingerprint density at radius 1 is 1.04 bits per heavy atom. The van der Waals surface area contributed by atoms with Gasteiger partial charge in [0.1, 0.15) is 12.6 Å². The van der Waals surface area contributed by atoms with Crippen LogP contribution in [-0.2, 0) is 7.05 Å². The second-order valence-corrected chi connectivity index (χ2v) is 8.03. The van der Waals surface area contributed by atoms with Crippen molar-refractivity contribution < 1.29 is 10.4 Å². The summed E-state index contributed by atoms with van der Waals surface area (Å²) in [6.07, 6.45) is 6.96. The summed E-state index contributed by atoms with van der Waals surface area (Å²) < 4.78 is 16.6. The number of rotatable bonds is 2. The molecular formula is C25H26NO+. The number of aryl methyl sites for hydroxylation is 1. The first-order valence-electron chi connectivity index (χ1n) is 10.5. The summed E-state index contributed by atoms with van der Waals surface area (Å²) in [5.74, 6) is 0.655. The zero-order chi connectivity index (χ0) is 19.4. The number of furan rings is 1. The monoisotopic (exact) mass is 357 g/mol. The maximum absolute atomic E-state index is 8.78. The van der Waals surface area contributed by atoms with Gasteiger partial charge in [0.05, 0.1) is 18.6 Å². The van der Waals surface area contributed by atoms with E-state index in [1.165, 1.54) is 42.4 Å². The fraction of sp³-hybridized carbons (Fsp3) is 0.320. The van der Waals surface area contributed by atoms with Gasteiger partial charge in [-0.25, -0.2) is 0 Å². The smallest absolute Gasteiger partial charge is 0.220 e. The largest absolute Gasteiger partial charge is 0.464 e. The van der Waals surface area contributed by atoms with Crippen LogP contribution in [0, 0.1) is 13.8 Å². The first-order valence-corrected chi connectivity index (χ1v) is 9.95. The summed E-state index contributed by atoms with van der Waals surface area (Å²) in [7, 11) is 2.07. The summed E-state index contributed by atoms with van der Waals surface area (Å²) in [6, 6.07) is 13.8. The van der Waals surface area contributed by atoms with Crippen LogP contribution < -0.4 is 4.57 Å². The van der Waals surface area contributed by atoms with Crippen LogP contribution in [-0.4, -0.2) is 0 Å². The molecule has 1 aliphatic carbocycles. The summed E-state index contributed by atoms with van der Waals surface area (Å²) in [6.45, 7) is 4.21. The maximum atomic E-state index is 8.78. The van der Waals surface area contributed by atoms with E-state index in [1.807, 2.05) is 13.0 Å². The first kappa shape index (κ1) is 15.4. The lowest BCUT2D eigenvalue weighted by Gasteiger charge is -2.13. The van der Waals surface area contributed by atoms with Gasteiger partial charge < -0.3 is 4.42 Å². The van der Waals surface area contributed by atoms with Crippen molar-refractivity contribution in [3.63, 3.8) is 0 Å². The molecule has 2 aromatic carbocycles. The van der Waals surface area contributed by atoms with E-state index in [0.29, 0.717) is 12.0 Å². The van der Waals surface area contributed by atoms with Crippen LogP contribution in [0.5, 0.6) is 0 Å². The predicted molar refractivity (Wildman–Crippen MR) is 111 cm³/mol. The van der Waals surface area contributed by atoms with Crippen molar-refractivity contribution in [2.24, 2.45) is 7.05 Å². The van der Waals surface area contributed by atoms with E-state index in [1.54, 1.807) is 6.26 Å². The van der Waals surface area contributed by atoms with Gasteiger partial charge in [-0.2, -0.15) is 4.57 Å². The molecule has 1 fully saturated rings. The molecular weight excluding hydrogens is 330 g/mol. The van der Waals surface area contributed by atoms with Crippen molar-refractivity contribution in [1.82, 2.24) is 0 Å². The van der Waals surface area contributed by atoms with Crippen molar-refractivity contribution >= 4 is 21.7 Å². The predicted octanol–water partition coefficient (Wildman–Crippen LogP) is 6.35. The number of hydrogen-bond donors (Lipinski definition) is 0. The third-order valence-corrected chi connectivity index (χ3v) is 6.33. The Bertz CT molecular complexity index is 1210. The average molecular weight is 357 g/mol. The molecule has 2 aromatic heterocycles. The molecule has 1 aliphatic rings. The highest BCUT2D eigenvalue weighted by molar-refractivity contribution is 5.96. The minimum absolute atomic E-state index is 0.637. The maximum Gasteiger partial charge on any atom is 0.220 e. The molecule has 4 aromatic rings. The highest BCUT2D eigenvalue weighted by Crippen LogP contribution is 2.37. The van der Waals surface area contributed by atoms with Crippen molar-refractivity contribution in [1.29, 1.82) is 0 Å². The molecule has 5 rings (SSSR count). The van der Waals surface area contributed by atoms with Crippen LogP contribution >= 0.6 is 0 Å². The Morgan fingerprint density at radius 2 is 1.85 bits per heavy atom. The summed E-state index contributed by atoms with van der Waals surface area (Å²) in [5.41, 5.74) is 6.86. The minimum Gasteiger partial charge on any atom is -0.464 e. The fourth-order valence-corrected chi connectivity index (χ4v) is 4.72.